The number of hydrogen-bond acceptors (Lipinski definition) is 10. The van der Waals surface area contributed by atoms with Gasteiger partial charge in [0.15, 0.2) is 0 Å². The number of methoxy groups -OCH3 is 1. The second kappa shape index (κ2) is 17.2. The topological polar surface area (TPSA) is 176 Å². The van der Waals surface area contributed by atoms with Crippen LogP contribution >= 0.6 is 0 Å². The summed E-state index contributed by atoms with van der Waals surface area (Å²) in [5.41, 5.74) is -0.179. The number of nitrogens with zero attached hydrogens (tertiary/aromatic N) is 1. The quantitative estimate of drug-likeness (QED) is 0.112. The lowest BCUT2D eigenvalue weighted by Crippen LogP contribution is -2.52. The molecule has 13 nitrogen and oxygen atoms in total. The second-order valence-electron chi connectivity index (χ2n) is 9.75. The smallest absolute Gasteiger partial charge is 0.408 e. The Balaban J connectivity index is 2.98. The molecule has 0 aliphatic carbocycles. The van der Waals surface area contributed by atoms with Crippen molar-refractivity contribution in [2.45, 2.75) is 65.6 Å². The highest BCUT2D eigenvalue weighted by molar-refractivity contribution is 5.89. The van der Waals surface area contributed by atoms with Crippen LogP contribution in [0.4, 0.5) is 10.5 Å². The monoisotopic (exact) mass is 555 g/mol. The number of nitro groups is 1. The lowest BCUT2D eigenvalue weighted by molar-refractivity contribution is -0.386. The number of alkyl carbamates (subject to hydrolysis) is 1. The predicted octanol–water partition coefficient (Wildman–Crippen LogP) is 2.89. The van der Waals surface area contributed by atoms with Crippen molar-refractivity contribution in [3.05, 3.63) is 33.9 Å². The van der Waals surface area contributed by atoms with E-state index in [0.29, 0.717) is 12.2 Å². The van der Waals surface area contributed by atoms with E-state index in [2.05, 4.69) is 10.6 Å². The number of nitro benzene ring substituents is 1. The molecule has 0 aliphatic heterocycles. The fraction of sp³-hybridized carbons (Fsp3) is 0.654. The summed E-state index contributed by atoms with van der Waals surface area (Å²) in [6, 6.07) is 2.15. The fourth-order valence-electron chi connectivity index (χ4n) is 3.70. The maximum Gasteiger partial charge on any atom is 0.408 e. The first-order chi connectivity index (χ1) is 18.4. The summed E-state index contributed by atoms with van der Waals surface area (Å²) in [5.74, 6) is -0.757. The summed E-state index contributed by atoms with van der Waals surface area (Å²) in [5, 5.41) is 25.5. The summed E-state index contributed by atoms with van der Waals surface area (Å²) in [7, 11) is 1.23. The molecule has 0 fully saturated rings. The largest absolute Gasteiger partial charge is 0.491 e. The van der Waals surface area contributed by atoms with Gasteiger partial charge in [-0.3, -0.25) is 14.9 Å². The molecule has 0 aromatic heterocycles. The zero-order valence-corrected chi connectivity index (χ0v) is 23.4. The van der Waals surface area contributed by atoms with Crippen molar-refractivity contribution in [3.8, 4) is 5.75 Å². The number of hydrogen-bond donors (Lipinski definition) is 3. The molecule has 0 saturated carbocycles. The van der Waals surface area contributed by atoms with Crippen LogP contribution in [0.2, 0.25) is 0 Å². The summed E-state index contributed by atoms with van der Waals surface area (Å²) < 4.78 is 20.9. The van der Waals surface area contributed by atoms with Crippen LogP contribution in [0.3, 0.4) is 0 Å². The van der Waals surface area contributed by atoms with Gasteiger partial charge in [-0.15, -0.1) is 0 Å². The molecule has 0 aliphatic rings. The number of esters is 1. The first-order valence-corrected chi connectivity index (χ1v) is 12.8. The van der Waals surface area contributed by atoms with E-state index in [1.165, 1.54) is 32.2 Å². The molecule has 1 aromatic carbocycles. The van der Waals surface area contributed by atoms with Crippen molar-refractivity contribution in [2.75, 3.05) is 33.5 Å². The lowest BCUT2D eigenvalue weighted by atomic mass is 10.0. The highest BCUT2D eigenvalue weighted by atomic mass is 16.6. The molecule has 0 saturated heterocycles. The zero-order valence-electron chi connectivity index (χ0n) is 23.4. The molecule has 3 atom stereocenters. The van der Waals surface area contributed by atoms with Gasteiger partial charge in [0.1, 0.15) is 30.5 Å². The number of amides is 2. The number of rotatable bonds is 17. The van der Waals surface area contributed by atoms with Gasteiger partial charge in [-0.2, -0.15) is 0 Å². The Labute approximate surface area is 228 Å². The first kappa shape index (κ1) is 33.6. The Morgan fingerprint density at radius 3 is 2.18 bits per heavy atom. The van der Waals surface area contributed by atoms with Crippen LogP contribution in [0.5, 0.6) is 5.75 Å². The molecule has 220 valence electrons. The molecular weight excluding hydrogens is 514 g/mol. The van der Waals surface area contributed by atoms with Gasteiger partial charge in [0, 0.05) is 6.07 Å². The van der Waals surface area contributed by atoms with E-state index in [-0.39, 0.29) is 55.9 Å². The lowest BCUT2D eigenvalue weighted by Gasteiger charge is -2.24. The average molecular weight is 556 g/mol. The van der Waals surface area contributed by atoms with Crippen molar-refractivity contribution >= 4 is 23.7 Å². The summed E-state index contributed by atoms with van der Waals surface area (Å²) in [6.45, 7) is 9.37. The van der Waals surface area contributed by atoms with E-state index in [4.69, 9.17) is 24.1 Å². The summed E-state index contributed by atoms with van der Waals surface area (Å²) in [6.07, 6.45) is -1.41. The molecule has 1 rings (SSSR count). The molecule has 2 amide bonds. The maximum atomic E-state index is 13.0. The van der Waals surface area contributed by atoms with Crippen molar-refractivity contribution in [3.63, 3.8) is 0 Å². The Morgan fingerprint density at radius 2 is 1.62 bits per heavy atom. The van der Waals surface area contributed by atoms with Crippen LogP contribution in [0, 0.1) is 22.0 Å². The third-order valence-corrected chi connectivity index (χ3v) is 5.47. The Bertz CT molecular complexity index is 954. The standard InChI is InChI=1S/C26H41N3O10/c1-16(2)13-21(24(31)27-22(14-17(3)4)25(32)36-6)28-26(33)39-18(5)20-15-19(7-8-23(20)29(34)35)38-12-11-37-10-9-30/h7-8,15-18,21-22,30H,9-14H2,1-6H3,(H,27,31)(H,28,33)/t18?,21-,22-/m0/s1. The third-order valence-electron chi connectivity index (χ3n) is 5.47. The minimum absolute atomic E-state index is 0.0106. The number of benzene rings is 1. The maximum absolute atomic E-state index is 13.0. The first-order valence-electron chi connectivity index (χ1n) is 12.8. The Kier molecular flexibility index (Phi) is 14.8. The normalized spacial score (nSPS) is 13.4. The van der Waals surface area contributed by atoms with Gasteiger partial charge in [-0.25, -0.2) is 9.59 Å². The third kappa shape index (κ3) is 12.3. The van der Waals surface area contributed by atoms with Crippen LogP contribution in [0.1, 0.15) is 59.1 Å². The molecule has 0 heterocycles. The van der Waals surface area contributed by atoms with Gasteiger partial charge < -0.3 is 34.7 Å². The van der Waals surface area contributed by atoms with E-state index in [1.54, 1.807) is 0 Å². The van der Waals surface area contributed by atoms with Crippen LogP contribution in [-0.4, -0.2) is 73.6 Å². The summed E-state index contributed by atoms with van der Waals surface area (Å²) >= 11 is 0. The van der Waals surface area contributed by atoms with Crippen molar-refractivity contribution in [2.24, 2.45) is 11.8 Å². The van der Waals surface area contributed by atoms with Crippen LogP contribution in [-0.2, 0) is 23.8 Å². The molecular formula is C26H41N3O10. The van der Waals surface area contributed by atoms with Crippen molar-refractivity contribution in [1.82, 2.24) is 10.6 Å². The molecule has 3 N–H and O–H groups in total. The molecule has 13 heteroatoms. The van der Waals surface area contributed by atoms with Crippen LogP contribution in [0.25, 0.3) is 0 Å². The van der Waals surface area contributed by atoms with E-state index >= 15 is 0 Å². The number of nitrogens with one attached hydrogen (secondary N) is 2. The Morgan fingerprint density at radius 1 is 0.974 bits per heavy atom. The number of aliphatic hydroxyl groups excluding tert-OH is 1. The molecule has 0 bridgehead atoms. The zero-order chi connectivity index (χ0) is 29.5. The van der Waals surface area contributed by atoms with Crippen LogP contribution < -0.4 is 15.4 Å². The highest BCUT2D eigenvalue weighted by Gasteiger charge is 2.30. The average Bonchev–Trinajstić information content (AvgIpc) is 2.86. The van der Waals surface area contributed by atoms with Gasteiger partial charge in [0.25, 0.3) is 5.69 Å². The molecule has 39 heavy (non-hydrogen) atoms. The number of ether oxygens (including phenoxy) is 4. The number of aliphatic hydroxyl groups is 1. The number of carbonyl (C=O) groups is 3. The van der Waals surface area contributed by atoms with E-state index in [1.807, 2.05) is 27.7 Å². The van der Waals surface area contributed by atoms with Gasteiger partial charge in [-0.05, 0) is 43.7 Å². The summed E-state index contributed by atoms with van der Waals surface area (Å²) in [4.78, 5) is 48.9. The molecule has 0 spiro atoms. The molecule has 1 unspecified atom stereocenters. The minimum atomic E-state index is -1.06. The molecule has 1 aromatic rings. The highest BCUT2D eigenvalue weighted by Crippen LogP contribution is 2.31. The van der Waals surface area contributed by atoms with E-state index in [9.17, 15) is 24.5 Å². The predicted molar refractivity (Wildman–Crippen MR) is 141 cm³/mol. The van der Waals surface area contributed by atoms with Crippen molar-refractivity contribution in [1.29, 1.82) is 0 Å². The van der Waals surface area contributed by atoms with Crippen LogP contribution in [0.15, 0.2) is 18.2 Å². The van der Waals surface area contributed by atoms with E-state index < -0.39 is 41.1 Å². The fourth-order valence-corrected chi connectivity index (χ4v) is 3.70. The SMILES string of the molecule is COC(=O)[C@H](CC(C)C)NC(=O)[C@H](CC(C)C)NC(=O)OC(C)c1cc(OCCOCCO)ccc1[N+](=O)[O-]. The second-order valence-corrected chi connectivity index (χ2v) is 9.75. The number of carbonyl (C=O) groups excluding carboxylic acids is 3. The minimum Gasteiger partial charge on any atom is -0.491 e. The van der Waals surface area contributed by atoms with E-state index in [0.717, 1.165) is 0 Å². The molecule has 0 radical (unpaired) electrons. The van der Waals surface area contributed by atoms with Gasteiger partial charge in [0.05, 0.1) is 37.4 Å². The van der Waals surface area contributed by atoms with Gasteiger partial charge in [0.2, 0.25) is 5.91 Å². The van der Waals surface area contributed by atoms with Gasteiger partial charge >= 0.3 is 12.1 Å². The van der Waals surface area contributed by atoms with Gasteiger partial charge in [-0.1, -0.05) is 27.7 Å². The van der Waals surface area contributed by atoms with Crippen molar-refractivity contribution < 1.29 is 43.4 Å². The Hall–Kier alpha value is -3.45.